The molecule has 2 heterocycles. The molecule has 1 aromatic carbocycles. The van der Waals surface area contributed by atoms with Crippen LogP contribution in [0.4, 0.5) is 15.9 Å². The molecule has 1 aliphatic rings. The van der Waals surface area contributed by atoms with E-state index in [2.05, 4.69) is 14.8 Å². The number of hydrogen-bond donors (Lipinski definition) is 0. The SMILES string of the molecule is Fc1cccc(CCl)c1N1CCN(c2ccccn2)CC1. The lowest BCUT2D eigenvalue weighted by Gasteiger charge is -2.37. The molecule has 2 aromatic rings. The Bertz CT molecular complexity index is 598. The van der Waals surface area contributed by atoms with Crippen molar-refractivity contribution in [3.63, 3.8) is 0 Å². The lowest BCUT2D eigenvalue weighted by Crippen LogP contribution is -2.47. The van der Waals surface area contributed by atoms with Gasteiger partial charge >= 0.3 is 0 Å². The number of alkyl halides is 1. The van der Waals surface area contributed by atoms with Crippen LogP contribution in [0.5, 0.6) is 0 Å². The van der Waals surface area contributed by atoms with Crippen molar-refractivity contribution in [1.29, 1.82) is 0 Å². The Kier molecular flexibility index (Phi) is 4.25. The molecule has 0 aliphatic carbocycles. The first-order valence-electron chi connectivity index (χ1n) is 7.04. The molecule has 0 spiro atoms. The summed E-state index contributed by atoms with van der Waals surface area (Å²) in [5.41, 5.74) is 1.50. The lowest BCUT2D eigenvalue weighted by atomic mass is 10.1. The molecule has 1 aliphatic heterocycles. The predicted molar refractivity (Wildman–Crippen MR) is 84.6 cm³/mol. The Morgan fingerprint density at radius 1 is 1.00 bits per heavy atom. The molecule has 0 atom stereocenters. The fourth-order valence-corrected chi connectivity index (χ4v) is 2.94. The summed E-state index contributed by atoms with van der Waals surface area (Å²) < 4.78 is 14.1. The van der Waals surface area contributed by atoms with Crippen molar-refractivity contribution in [3.05, 3.63) is 54.0 Å². The number of para-hydroxylation sites is 1. The molecule has 0 radical (unpaired) electrons. The normalized spacial score (nSPS) is 15.3. The highest BCUT2D eigenvalue weighted by molar-refractivity contribution is 6.17. The van der Waals surface area contributed by atoms with Gasteiger partial charge in [-0.05, 0) is 23.8 Å². The van der Waals surface area contributed by atoms with Crippen LogP contribution in [0.15, 0.2) is 42.6 Å². The molecule has 3 rings (SSSR count). The molecule has 110 valence electrons. The molecule has 0 saturated carbocycles. The monoisotopic (exact) mass is 305 g/mol. The van der Waals surface area contributed by atoms with E-state index in [0.717, 1.165) is 37.6 Å². The highest BCUT2D eigenvalue weighted by Gasteiger charge is 2.22. The molecule has 5 heteroatoms. The van der Waals surface area contributed by atoms with Gasteiger partial charge in [-0.3, -0.25) is 0 Å². The first kappa shape index (κ1) is 14.1. The Labute approximate surface area is 129 Å². The van der Waals surface area contributed by atoms with Crippen LogP contribution in [0.25, 0.3) is 0 Å². The van der Waals surface area contributed by atoms with Gasteiger partial charge in [0.2, 0.25) is 0 Å². The number of rotatable bonds is 3. The van der Waals surface area contributed by atoms with Crippen LogP contribution in [0.1, 0.15) is 5.56 Å². The van der Waals surface area contributed by atoms with Crippen molar-refractivity contribution >= 4 is 23.1 Å². The summed E-state index contributed by atoms with van der Waals surface area (Å²) in [6.07, 6.45) is 1.80. The van der Waals surface area contributed by atoms with E-state index in [1.165, 1.54) is 6.07 Å². The summed E-state index contributed by atoms with van der Waals surface area (Å²) in [5, 5.41) is 0. The van der Waals surface area contributed by atoms with E-state index in [0.29, 0.717) is 11.6 Å². The van der Waals surface area contributed by atoms with Crippen LogP contribution in [0.2, 0.25) is 0 Å². The largest absolute Gasteiger partial charge is 0.365 e. The van der Waals surface area contributed by atoms with E-state index < -0.39 is 0 Å². The quantitative estimate of drug-likeness (QED) is 0.811. The average Bonchev–Trinajstić information content (AvgIpc) is 2.55. The summed E-state index contributed by atoms with van der Waals surface area (Å²) in [7, 11) is 0. The van der Waals surface area contributed by atoms with Gasteiger partial charge < -0.3 is 9.80 Å². The second kappa shape index (κ2) is 6.31. The number of aromatic nitrogens is 1. The molecule has 0 bridgehead atoms. The summed E-state index contributed by atoms with van der Waals surface area (Å²) in [4.78, 5) is 8.66. The van der Waals surface area contributed by atoms with E-state index in [1.807, 2.05) is 24.3 Å². The van der Waals surface area contributed by atoms with Crippen molar-refractivity contribution in [2.45, 2.75) is 5.88 Å². The van der Waals surface area contributed by atoms with E-state index in [4.69, 9.17) is 11.6 Å². The van der Waals surface area contributed by atoms with Gasteiger partial charge in [-0.2, -0.15) is 0 Å². The fourth-order valence-electron chi connectivity index (χ4n) is 2.72. The molecule has 3 nitrogen and oxygen atoms in total. The van der Waals surface area contributed by atoms with Gasteiger partial charge in [-0.1, -0.05) is 18.2 Å². The molecule has 1 fully saturated rings. The van der Waals surface area contributed by atoms with Gasteiger partial charge in [-0.25, -0.2) is 9.37 Å². The highest BCUT2D eigenvalue weighted by atomic mass is 35.5. The van der Waals surface area contributed by atoms with Crippen LogP contribution in [-0.4, -0.2) is 31.2 Å². The first-order chi connectivity index (χ1) is 10.3. The first-order valence-corrected chi connectivity index (χ1v) is 7.57. The van der Waals surface area contributed by atoms with Crippen LogP contribution in [0, 0.1) is 5.82 Å². The van der Waals surface area contributed by atoms with Gasteiger partial charge in [0.1, 0.15) is 11.6 Å². The van der Waals surface area contributed by atoms with Crippen LogP contribution < -0.4 is 9.80 Å². The Morgan fingerprint density at radius 2 is 1.76 bits per heavy atom. The average molecular weight is 306 g/mol. The zero-order chi connectivity index (χ0) is 14.7. The Hall–Kier alpha value is -1.81. The van der Waals surface area contributed by atoms with Gasteiger partial charge in [0.25, 0.3) is 0 Å². The number of pyridine rings is 1. The minimum absolute atomic E-state index is 0.195. The predicted octanol–water partition coefficient (Wildman–Crippen LogP) is 3.29. The number of hydrogen-bond acceptors (Lipinski definition) is 3. The third kappa shape index (κ3) is 2.95. The van der Waals surface area contributed by atoms with E-state index in [1.54, 1.807) is 12.3 Å². The molecule has 21 heavy (non-hydrogen) atoms. The highest BCUT2D eigenvalue weighted by Crippen LogP contribution is 2.27. The zero-order valence-corrected chi connectivity index (χ0v) is 12.4. The summed E-state index contributed by atoms with van der Waals surface area (Å²) in [6.45, 7) is 3.18. The molecular weight excluding hydrogens is 289 g/mol. The third-order valence-corrected chi connectivity index (χ3v) is 4.07. The number of halogens is 2. The van der Waals surface area contributed by atoms with Gasteiger partial charge in [-0.15, -0.1) is 11.6 Å². The van der Waals surface area contributed by atoms with Gasteiger partial charge in [0, 0.05) is 38.3 Å². The van der Waals surface area contributed by atoms with Crippen molar-refractivity contribution in [2.75, 3.05) is 36.0 Å². The van der Waals surface area contributed by atoms with Crippen molar-refractivity contribution in [2.24, 2.45) is 0 Å². The molecule has 0 N–H and O–H groups in total. The summed E-state index contributed by atoms with van der Waals surface area (Å²) in [6, 6.07) is 11.0. The fraction of sp³-hybridized carbons (Fsp3) is 0.312. The van der Waals surface area contributed by atoms with Gasteiger partial charge in [0.15, 0.2) is 0 Å². The van der Waals surface area contributed by atoms with Gasteiger partial charge in [0.05, 0.1) is 5.69 Å². The van der Waals surface area contributed by atoms with E-state index >= 15 is 0 Å². The van der Waals surface area contributed by atoms with Crippen LogP contribution in [0.3, 0.4) is 0 Å². The van der Waals surface area contributed by atoms with Crippen molar-refractivity contribution < 1.29 is 4.39 Å². The lowest BCUT2D eigenvalue weighted by molar-refractivity contribution is 0.594. The number of piperazine rings is 1. The molecule has 0 unspecified atom stereocenters. The summed E-state index contributed by atoms with van der Waals surface area (Å²) >= 11 is 5.93. The maximum Gasteiger partial charge on any atom is 0.146 e. The Balaban J connectivity index is 1.75. The minimum atomic E-state index is -0.195. The van der Waals surface area contributed by atoms with Crippen molar-refractivity contribution in [3.8, 4) is 0 Å². The topological polar surface area (TPSA) is 19.4 Å². The Morgan fingerprint density at radius 3 is 2.43 bits per heavy atom. The smallest absolute Gasteiger partial charge is 0.146 e. The third-order valence-electron chi connectivity index (χ3n) is 3.78. The standard InChI is InChI=1S/C16H17ClFN3/c17-12-13-4-3-5-14(18)16(13)21-10-8-20(9-11-21)15-6-1-2-7-19-15/h1-7H,8-12H2. The minimum Gasteiger partial charge on any atom is -0.365 e. The van der Waals surface area contributed by atoms with Crippen LogP contribution >= 0.6 is 11.6 Å². The van der Waals surface area contributed by atoms with E-state index in [-0.39, 0.29) is 5.82 Å². The number of anilines is 2. The van der Waals surface area contributed by atoms with Crippen LogP contribution in [-0.2, 0) is 5.88 Å². The second-order valence-corrected chi connectivity index (χ2v) is 5.31. The molecule has 0 amide bonds. The number of nitrogens with zero attached hydrogens (tertiary/aromatic N) is 3. The van der Waals surface area contributed by atoms with E-state index in [9.17, 15) is 4.39 Å². The summed E-state index contributed by atoms with van der Waals surface area (Å²) in [5.74, 6) is 1.11. The number of benzene rings is 1. The molecule has 1 aromatic heterocycles. The zero-order valence-electron chi connectivity index (χ0n) is 11.7. The second-order valence-electron chi connectivity index (χ2n) is 5.04. The molecular formula is C16H17ClFN3. The maximum absolute atomic E-state index is 14.1. The van der Waals surface area contributed by atoms with Crippen molar-refractivity contribution in [1.82, 2.24) is 4.98 Å². The maximum atomic E-state index is 14.1. The molecule has 1 saturated heterocycles.